The molecule has 1 aromatic carbocycles. The molecule has 1 amide bonds. The van der Waals surface area contributed by atoms with Gasteiger partial charge in [-0.05, 0) is 37.1 Å². The highest BCUT2D eigenvalue weighted by molar-refractivity contribution is 5.94. The smallest absolute Gasteiger partial charge is 0.253 e. The fourth-order valence-electron chi connectivity index (χ4n) is 3.10. The van der Waals surface area contributed by atoms with Gasteiger partial charge in [-0.25, -0.2) is 4.68 Å². The summed E-state index contributed by atoms with van der Waals surface area (Å²) in [5, 5.41) is 12.6. The van der Waals surface area contributed by atoms with Crippen LogP contribution in [0.2, 0.25) is 0 Å². The van der Waals surface area contributed by atoms with E-state index in [2.05, 4.69) is 15.3 Å². The van der Waals surface area contributed by atoms with Crippen LogP contribution >= 0.6 is 0 Å². The van der Waals surface area contributed by atoms with Crippen molar-refractivity contribution in [2.75, 3.05) is 13.1 Å². The van der Waals surface area contributed by atoms with Crippen molar-refractivity contribution in [1.82, 2.24) is 29.7 Å². The second-order valence-electron chi connectivity index (χ2n) is 5.87. The van der Waals surface area contributed by atoms with Gasteiger partial charge in [-0.3, -0.25) is 4.79 Å². The highest BCUT2D eigenvalue weighted by Crippen LogP contribution is 2.22. The van der Waals surface area contributed by atoms with E-state index in [0.29, 0.717) is 5.56 Å². The summed E-state index contributed by atoms with van der Waals surface area (Å²) in [7, 11) is 0. The Hall–Kier alpha value is -2.96. The summed E-state index contributed by atoms with van der Waals surface area (Å²) in [6.07, 6.45) is 8.73. The van der Waals surface area contributed by atoms with Gasteiger partial charge in [0.25, 0.3) is 5.91 Å². The van der Waals surface area contributed by atoms with Crippen LogP contribution in [0.15, 0.2) is 55.1 Å². The van der Waals surface area contributed by atoms with Crippen molar-refractivity contribution >= 4 is 5.91 Å². The first kappa shape index (κ1) is 14.6. The Labute approximate surface area is 139 Å². The zero-order valence-corrected chi connectivity index (χ0v) is 13.2. The van der Waals surface area contributed by atoms with Crippen LogP contribution in [-0.4, -0.2) is 48.7 Å². The molecule has 0 spiro atoms. The number of hydrogen-bond donors (Lipinski definition) is 0. The molecule has 0 bridgehead atoms. The third-order valence-corrected chi connectivity index (χ3v) is 4.38. The van der Waals surface area contributed by atoms with E-state index >= 15 is 0 Å². The van der Waals surface area contributed by atoms with Crippen LogP contribution in [0.5, 0.6) is 0 Å². The van der Waals surface area contributed by atoms with Crippen LogP contribution < -0.4 is 0 Å². The Morgan fingerprint density at radius 1 is 1.00 bits per heavy atom. The first-order valence-corrected chi connectivity index (χ1v) is 8.06. The zero-order valence-electron chi connectivity index (χ0n) is 13.2. The molecule has 0 atom stereocenters. The van der Waals surface area contributed by atoms with Gasteiger partial charge in [-0.1, -0.05) is 6.07 Å². The summed E-state index contributed by atoms with van der Waals surface area (Å²) in [6.45, 7) is 1.44. The quantitative estimate of drug-likeness (QED) is 0.739. The van der Waals surface area contributed by atoms with E-state index in [9.17, 15) is 4.79 Å². The summed E-state index contributed by atoms with van der Waals surface area (Å²) in [5.41, 5.74) is 1.58. The molecule has 4 rings (SSSR count). The molecule has 24 heavy (non-hydrogen) atoms. The average Bonchev–Trinajstić information content (AvgIpc) is 3.35. The molecule has 1 aliphatic heterocycles. The van der Waals surface area contributed by atoms with E-state index in [4.69, 9.17) is 0 Å². The predicted molar refractivity (Wildman–Crippen MR) is 87.8 cm³/mol. The maximum atomic E-state index is 12.8. The van der Waals surface area contributed by atoms with Gasteiger partial charge >= 0.3 is 0 Å². The van der Waals surface area contributed by atoms with Crippen LogP contribution in [0.4, 0.5) is 0 Å². The molecule has 0 unspecified atom stereocenters. The van der Waals surface area contributed by atoms with Gasteiger partial charge in [-0.15, -0.1) is 0 Å². The molecule has 1 aliphatic rings. The number of rotatable bonds is 3. The van der Waals surface area contributed by atoms with Gasteiger partial charge in [0.2, 0.25) is 0 Å². The maximum absolute atomic E-state index is 12.8. The first-order valence-electron chi connectivity index (χ1n) is 8.06. The first-order chi connectivity index (χ1) is 11.8. The maximum Gasteiger partial charge on any atom is 0.253 e. The number of benzene rings is 1. The highest BCUT2D eigenvalue weighted by Gasteiger charge is 2.25. The SMILES string of the molecule is O=C(c1cccc(-n2cccn2)c1)N1CCC(n2nccn2)CC1. The Balaban J connectivity index is 1.46. The Bertz CT molecular complexity index is 803. The fourth-order valence-corrected chi connectivity index (χ4v) is 3.10. The molecule has 2 aromatic heterocycles. The van der Waals surface area contributed by atoms with Gasteiger partial charge in [-0.2, -0.15) is 20.1 Å². The lowest BCUT2D eigenvalue weighted by Crippen LogP contribution is -2.39. The summed E-state index contributed by atoms with van der Waals surface area (Å²) in [4.78, 5) is 16.4. The van der Waals surface area contributed by atoms with Crippen molar-refractivity contribution in [3.8, 4) is 5.69 Å². The minimum Gasteiger partial charge on any atom is -0.338 e. The second-order valence-corrected chi connectivity index (χ2v) is 5.87. The van der Waals surface area contributed by atoms with Crippen molar-refractivity contribution in [3.05, 3.63) is 60.7 Å². The molecule has 7 nitrogen and oxygen atoms in total. The summed E-state index contributed by atoms with van der Waals surface area (Å²) in [6, 6.07) is 9.72. The molecular weight excluding hydrogens is 304 g/mol. The van der Waals surface area contributed by atoms with Gasteiger partial charge in [0.05, 0.1) is 24.1 Å². The number of nitrogens with zero attached hydrogens (tertiary/aromatic N) is 6. The Morgan fingerprint density at radius 3 is 2.50 bits per heavy atom. The lowest BCUT2D eigenvalue weighted by molar-refractivity contribution is 0.0683. The van der Waals surface area contributed by atoms with Crippen molar-refractivity contribution in [3.63, 3.8) is 0 Å². The number of likely N-dealkylation sites (tertiary alicyclic amines) is 1. The highest BCUT2D eigenvalue weighted by atomic mass is 16.2. The van der Waals surface area contributed by atoms with Crippen LogP contribution in [0.1, 0.15) is 29.2 Å². The molecule has 3 aromatic rings. The van der Waals surface area contributed by atoms with Gasteiger partial charge < -0.3 is 4.90 Å². The third kappa shape index (κ3) is 2.80. The van der Waals surface area contributed by atoms with E-state index in [1.165, 1.54) is 0 Å². The van der Waals surface area contributed by atoms with Crippen LogP contribution in [-0.2, 0) is 0 Å². The number of carbonyl (C=O) groups excluding carboxylic acids is 1. The summed E-state index contributed by atoms with van der Waals surface area (Å²) >= 11 is 0. The van der Waals surface area contributed by atoms with E-state index in [1.54, 1.807) is 28.1 Å². The van der Waals surface area contributed by atoms with E-state index in [-0.39, 0.29) is 11.9 Å². The average molecular weight is 322 g/mol. The molecular formula is C17H18N6O. The lowest BCUT2D eigenvalue weighted by Gasteiger charge is -2.31. The van der Waals surface area contributed by atoms with Crippen LogP contribution in [0, 0.1) is 0 Å². The monoisotopic (exact) mass is 322 g/mol. The Kier molecular flexibility index (Phi) is 3.82. The standard InChI is InChI=1S/C17H18N6O/c24-17(14-3-1-4-16(13-14)22-10-2-7-18-22)21-11-5-15(6-12-21)23-19-8-9-20-23/h1-4,7-10,13,15H,5-6,11-12H2. The number of hydrogen-bond acceptors (Lipinski definition) is 4. The second kappa shape index (κ2) is 6.27. The van der Waals surface area contributed by atoms with Crippen molar-refractivity contribution in [2.45, 2.75) is 18.9 Å². The molecule has 1 saturated heterocycles. The summed E-state index contributed by atoms with van der Waals surface area (Å²) in [5.74, 6) is 0.0656. The molecule has 3 heterocycles. The zero-order chi connectivity index (χ0) is 16.4. The molecule has 0 N–H and O–H groups in total. The normalized spacial score (nSPS) is 15.6. The fraction of sp³-hybridized carbons (Fsp3) is 0.294. The predicted octanol–water partition coefficient (Wildman–Crippen LogP) is 1.94. The molecule has 0 saturated carbocycles. The van der Waals surface area contributed by atoms with Gasteiger partial charge in [0.15, 0.2) is 0 Å². The molecule has 0 aliphatic carbocycles. The van der Waals surface area contributed by atoms with E-state index in [1.807, 2.05) is 41.4 Å². The van der Waals surface area contributed by atoms with Crippen LogP contribution in [0.3, 0.4) is 0 Å². The Morgan fingerprint density at radius 2 is 1.79 bits per heavy atom. The molecule has 122 valence electrons. The molecule has 7 heteroatoms. The van der Waals surface area contributed by atoms with Crippen LogP contribution in [0.25, 0.3) is 5.69 Å². The molecule has 1 fully saturated rings. The lowest BCUT2D eigenvalue weighted by atomic mass is 10.0. The van der Waals surface area contributed by atoms with Crippen molar-refractivity contribution in [2.24, 2.45) is 0 Å². The topological polar surface area (TPSA) is 68.8 Å². The third-order valence-electron chi connectivity index (χ3n) is 4.38. The van der Waals surface area contributed by atoms with Crippen molar-refractivity contribution < 1.29 is 4.79 Å². The minimum atomic E-state index is 0.0656. The minimum absolute atomic E-state index is 0.0656. The van der Waals surface area contributed by atoms with Gasteiger partial charge in [0.1, 0.15) is 0 Å². The summed E-state index contributed by atoms with van der Waals surface area (Å²) < 4.78 is 1.76. The van der Waals surface area contributed by atoms with Crippen molar-refractivity contribution in [1.29, 1.82) is 0 Å². The number of carbonyl (C=O) groups is 1. The van der Waals surface area contributed by atoms with Gasteiger partial charge in [0, 0.05) is 31.0 Å². The number of aromatic nitrogens is 5. The number of piperidine rings is 1. The number of amides is 1. The molecule has 0 radical (unpaired) electrons. The largest absolute Gasteiger partial charge is 0.338 e. The van der Waals surface area contributed by atoms with E-state index < -0.39 is 0 Å². The van der Waals surface area contributed by atoms with E-state index in [0.717, 1.165) is 31.6 Å².